The topological polar surface area (TPSA) is 114 Å². The molecule has 1 atom stereocenters. The number of anilines is 1. The van der Waals surface area contributed by atoms with Crippen molar-refractivity contribution in [2.24, 2.45) is 0 Å². The van der Waals surface area contributed by atoms with Crippen molar-refractivity contribution in [3.63, 3.8) is 0 Å². The maximum absolute atomic E-state index is 12.8. The van der Waals surface area contributed by atoms with Crippen LogP contribution in [0.15, 0.2) is 66.7 Å². The molecule has 0 aliphatic heterocycles. The summed E-state index contributed by atoms with van der Waals surface area (Å²) in [6.07, 6.45) is -0.935. The maximum atomic E-state index is 12.8. The Bertz CT molecular complexity index is 1230. The van der Waals surface area contributed by atoms with Crippen molar-refractivity contribution in [2.75, 3.05) is 19.0 Å². The molecule has 0 heterocycles. The molecule has 1 aliphatic carbocycles. The van der Waals surface area contributed by atoms with Crippen LogP contribution in [0.5, 0.6) is 5.75 Å². The van der Waals surface area contributed by atoms with Crippen LogP contribution in [0.1, 0.15) is 40.7 Å². The molecule has 1 aliphatic rings. The third-order valence-corrected chi connectivity index (χ3v) is 5.91. The van der Waals surface area contributed by atoms with Crippen LogP contribution in [0.25, 0.3) is 11.1 Å². The monoisotopic (exact) mass is 474 g/mol. The molecule has 3 aromatic carbocycles. The van der Waals surface area contributed by atoms with Crippen molar-refractivity contribution in [3.8, 4) is 16.9 Å². The van der Waals surface area contributed by atoms with Gasteiger partial charge in [0.1, 0.15) is 12.4 Å². The van der Waals surface area contributed by atoms with E-state index in [9.17, 15) is 14.4 Å². The van der Waals surface area contributed by atoms with Crippen molar-refractivity contribution in [1.29, 1.82) is 0 Å². The molecule has 180 valence electrons. The number of benzene rings is 3. The Morgan fingerprint density at radius 2 is 1.60 bits per heavy atom. The van der Waals surface area contributed by atoms with E-state index < -0.39 is 24.0 Å². The highest BCUT2D eigenvalue weighted by Gasteiger charge is 2.29. The highest BCUT2D eigenvalue weighted by atomic mass is 16.5. The van der Waals surface area contributed by atoms with Gasteiger partial charge in [0, 0.05) is 12.0 Å². The van der Waals surface area contributed by atoms with E-state index in [0.717, 1.165) is 22.3 Å². The molecule has 0 aromatic heterocycles. The van der Waals surface area contributed by atoms with Gasteiger partial charge in [-0.15, -0.1) is 0 Å². The van der Waals surface area contributed by atoms with Crippen molar-refractivity contribution < 1.29 is 29.0 Å². The third kappa shape index (κ3) is 5.27. The van der Waals surface area contributed by atoms with Crippen LogP contribution in [0.2, 0.25) is 0 Å². The first kappa shape index (κ1) is 23.8. The number of carbonyl (C=O) groups excluding carboxylic acids is 2. The van der Waals surface area contributed by atoms with Gasteiger partial charge < -0.3 is 19.9 Å². The van der Waals surface area contributed by atoms with Gasteiger partial charge in [-0.3, -0.25) is 14.9 Å². The van der Waals surface area contributed by atoms with Crippen LogP contribution in [-0.4, -0.2) is 42.8 Å². The predicted molar refractivity (Wildman–Crippen MR) is 131 cm³/mol. The summed E-state index contributed by atoms with van der Waals surface area (Å²) in [5.74, 6) is -1.24. The van der Waals surface area contributed by atoms with Crippen molar-refractivity contribution in [1.82, 2.24) is 5.32 Å². The molecule has 0 radical (unpaired) electrons. The fourth-order valence-electron chi connectivity index (χ4n) is 4.31. The Morgan fingerprint density at radius 3 is 2.20 bits per heavy atom. The number of ether oxygens (including phenoxy) is 2. The number of methoxy groups -OCH3 is 1. The molecule has 35 heavy (non-hydrogen) atoms. The summed E-state index contributed by atoms with van der Waals surface area (Å²) in [6, 6.07) is 20.1. The molecule has 3 aromatic rings. The number of hydrogen-bond acceptors (Lipinski definition) is 5. The van der Waals surface area contributed by atoms with Crippen molar-refractivity contribution in [3.05, 3.63) is 83.4 Å². The summed E-state index contributed by atoms with van der Waals surface area (Å²) in [7, 11) is 1.46. The van der Waals surface area contributed by atoms with E-state index in [0.29, 0.717) is 5.75 Å². The fourth-order valence-corrected chi connectivity index (χ4v) is 4.31. The number of hydrogen-bond donors (Lipinski definition) is 3. The second-order valence-corrected chi connectivity index (χ2v) is 8.33. The molecule has 8 nitrogen and oxygen atoms in total. The Kier molecular flexibility index (Phi) is 7.01. The summed E-state index contributed by atoms with van der Waals surface area (Å²) in [5, 5.41) is 14.2. The molecule has 1 unspecified atom stereocenters. The zero-order chi connectivity index (χ0) is 24.9. The smallest absolute Gasteiger partial charge is 0.411 e. The summed E-state index contributed by atoms with van der Waals surface area (Å²) < 4.78 is 10.8. The van der Waals surface area contributed by atoms with Crippen molar-refractivity contribution in [2.45, 2.75) is 25.3 Å². The van der Waals surface area contributed by atoms with E-state index in [1.807, 2.05) is 36.4 Å². The number of nitrogens with one attached hydrogen (secondary N) is 2. The van der Waals surface area contributed by atoms with Gasteiger partial charge in [0.05, 0.1) is 24.8 Å². The molecule has 2 amide bonds. The quantitative estimate of drug-likeness (QED) is 0.438. The predicted octanol–water partition coefficient (Wildman–Crippen LogP) is 4.65. The van der Waals surface area contributed by atoms with E-state index in [-0.39, 0.29) is 30.2 Å². The lowest BCUT2D eigenvalue weighted by Crippen LogP contribution is -2.34. The number of amides is 2. The Hall–Kier alpha value is -4.33. The normalized spacial score (nSPS) is 12.7. The van der Waals surface area contributed by atoms with E-state index in [1.165, 1.54) is 19.2 Å². The van der Waals surface area contributed by atoms with Crippen molar-refractivity contribution >= 4 is 23.7 Å². The summed E-state index contributed by atoms with van der Waals surface area (Å²) in [6.45, 7) is 1.72. The maximum Gasteiger partial charge on any atom is 0.411 e. The molecule has 0 fully saturated rings. The van der Waals surface area contributed by atoms with E-state index >= 15 is 0 Å². The van der Waals surface area contributed by atoms with Crippen LogP contribution in [0, 0.1) is 0 Å². The minimum absolute atomic E-state index is 0.0938. The van der Waals surface area contributed by atoms with Gasteiger partial charge in [-0.2, -0.15) is 0 Å². The van der Waals surface area contributed by atoms with Crippen LogP contribution in [-0.2, 0) is 9.53 Å². The molecule has 8 heteroatoms. The number of carboxylic acids is 1. The summed E-state index contributed by atoms with van der Waals surface area (Å²) in [4.78, 5) is 36.4. The molecule has 0 spiro atoms. The Morgan fingerprint density at radius 1 is 0.971 bits per heavy atom. The van der Waals surface area contributed by atoms with Crippen LogP contribution in [0.3, 0.4) is 0 Å². The lowest BCUT2D eigenvalue weighted by atomic mass is 9.98. The van der Waals surface area contributed by atoms with Gasteiger partial charge in [0.2, 0.25) is 0 Å². The second-order valence-electron chi connectivity index (χ2n) is 8.33. The minimum atomic E-state index is -1.03. The average Bonchev–Trinajstić information content (AvgIpc) is 3.16. The Balaban J connectivity index is 1.48. The van der Waals surface area contributed by atoms with E-state index in [2.05, 4.69) is 22.8 Å². The van der Waals surface area contributed by atoms with Crippen LogP contribution in [0.4, 0.5) is 10.5 Å². The van der Waals surface area contributed by atoms with Gasteiger partial charge >= 0.3 is 12.1 Å². The van der Waals surface area contributed by atoms with E-state index in [4.69, 9.17) is 14.6 Å². The molecule has 3 N–H and O–H groups in total. The highest BCUT2D eigenvalue weighted by Crippen LogP contribution is 2.44. The summed E-state index contributed by atoms with van der Waals surface area (Å²) >= 11 is 0. The van der Waals surface area contributed by atoms with Gasteiger partial charge in [-0.25, -0.2) is 4.79 Å². The Labute approximate surface area is 202 Å². The van der Waals surface area contributed by atoms with Gasteiger partial charge in [-0.1, -0.05) is 48.5 Å². The first-order valence-electron chi connectivity index (χ1n) is 11.2. The number of fused-ring (bicyclic) bond motifs is 3. The SMILES string of the molecule is COc1ccc(NC(=O)OCC2c3ccccc3-c3ccccc32)c(C(=O)NC(C)CC(=O)O)c1. The number of carboxylic acid groups (broad SMARTS) is 1. The van der Waals surface area contributed by atoms with Gasteiger partial charge in [0.15, 0.2) is 0 Å². The second kappa shape index (κ2) is 10.3. The average molecular weight is 475 g/mol. The molecular formula is C27H26N2O6. The number of rotatable bonds is 8. The molecule has 0 saturated heterocycles. The largest absolute Gasteiger partial charge is 0.497 e. The molecular weight excluding hydrogens is 448 g/mol. The van der Waals surface area contributed by atoms with Crippen LogP contribution >= 0.6 is 0 Å². The lowest BCUT2D eigenvalue weighted by Gasteiger charge is -2.17. The molecule has 0 bridgehead atoms. The first-order valence-corrected chi connectivity index (χ1v) is 11.2. The fraction of sp³-hybridized carbons (Fsp3) is 0.222. The standard InChI is InChI=1S/C27H26N2O6/c1-16(13-25(30)31)28-26(32)22-14-17(34-2)11-12-24(22)29-27(33)35-15-23-20-9-5-3-7-18(20)19-8-4-6-10-21(19)23/h3-12,14,16,23H,13,15H2,1-2H3,(H,28,32)(H,29,33)(H,30,31). The van der Waals surface area contributed by atoms with Gasteiger partial charge in [-0.05, 0) is 47.4 Å². The highest BCUT2D eigenvalue weighted by molar-refractivity contribution is 6.03. The van der Waals surface area contributed by atoms with E-state index in [1.54, 1.807) is 13.0 Å². The molecule has 4 rings (SSSR count). The third-order valence-electron chi connectivity index (χ3n) is 5.91. The lowest BCUT2D eigenvalue weighted by molar-refractivity contribution is -0.137. The summed E-state index contributed by atoms with van der Waals surface area (Å²) in [5.41, 5.74) is 4.80. The first-order chi connectivity index (χ1) is 16.9. The van der Waals surface area contributed by atoms with Gasteiger partial charge in [0.25, 0.3) is 5.91 Å². The molecule has 0 saturated carbocycles. The zero-order valence-electron chi connectivity index (χ0n) is 19.4. The minimum Gasteiger partial charge on any atom is -0.497 e. The zero-order valence-corrected chi connectivity index (χ0v) is 19.4. The number of aliphatic carboxylic acids is 1. The van der Waals surface area contributed by atoms with Crippen LogP contribution < -0.4 is 15.4 Å². The number of carbonyl (C=O) groups is 3.